The Balaban J connectivity index is 1.52. The summed E-state index contributed by atoms with van der Waals surface area (Å²) >= 11 is 0. The van der Waals surface area contributed by atoms with Crippen LogP contribution < -0.4 is 10.2 Å². The maximum absolute atomic E-state index is 4.73. The van der Waals surface area contributed by atoms with Crippen molar-refractivity contribution in [2.75, 3.05) is 16.8 Å². The van der Waals surface area contributed by atoms with Crippen LogP contribution >= 0.6 is 0 Å². The van der Waals surface area contributed by atoms with Crippen molar-refractivity contribution in [2.24, 2.45) is 0 Å². The third-order valence-corrected chi connectivity index (χ3v) is 4.50. The van der Waals surface area contributed by atoms with E-state index >= 15 is 0 Å². The highest BCUT2D eigenvalue weighted by molar-refractivity contribution is 5.48. The highest BCUT2D eigenvalue weighted by Crippen LogP contribution is 2.24. The second kappa shape index (κ2) is 6.89. The van der Waals surface area contributed by atoms with E-state index in [1.807, 2.05) is 19.1 Å². The van der Waals surface area contributed by atoms with Crippen LogP contribution in [0.4, 0.5) is 11.8 Å². The highest BCUT2D eigenvalue weighted by Gasteiger charge is 2.18. The normalized spacial score (nSPS) is 13.4. The van der Waals surface area contributed by atoms with Crippen LogP contribution in [0.5, 0.6) is 0 Å². The minimum Gasteiger partial charge on any atom is -0.352 e. The minimum atomic E-state index is 0.672. The van der Waals surface area contributed by atoms with Gasteiger partial charge in [0.05, 0.1) is 0 Å². The summed E-state index contributed by atoms with van der Waals surface area (Å²) in [5.74, 6) is 1.66. The van der Waals surface area contributed by atoms with Crippen LogP contribution in [0.2, 0.25) is 0 Å². The molecule has 5 heteroatoms. The lowest BCUT2D eigenvalue weighted by molar-refractivity contribution is 0.718. The fourth-order valence-corrected chi connectivity index (χ4v) is 3.17. The first-order valence-corrected chi connectivity index (χ1v) is 8.58. The van der Waals surface area contributed by atoms with E-state index in [2.05, 4.69) is 50.5 Å². The van der Waals surface area contributed by atoms with Crippen molar-refractivity contribution in [1.82, 2.24) is 15.0 Å². The van der Waals surface area contributed by atoms with Crippen LogP contribution in [0.1, 0.15) is 22.4 Å². The third kappa shape index (κ3) is 3.60. The number of nitrogens with zero attached hydrogens (tertiary/aromatic N) is 4. The largest absolute Gasteiger partial charge is 0.352 e. The monoisotopic (exact) mass is 331 g/mol. The molecule has 0 bridgehead atoms. The molecular formula is C20H21N5. The van der Waals surface area contributed by atoms with Gasteiger partial charge in [-0.2, -0.15) is 4.98 Å². The predicted octanol–water partition coefficient (Wildman–Crippen LogP) is 3.35. The van der Waals surface area contributed by atoms with Gasteiger partial charge in [0.25, 0.3) is 0 Å². The van der Waals surface area contributed by atoms with Crippen LogP contribution in [0.15, 0.2) is 54.9 Å². The fraction of sp³-hybridized carbons (Fsp3) is 0.250. The van der Waals surface area contributed by atoms with Gasteiger partial charge < -0.3 is 10.2 Å². The molecule has 25 heavy (non-hydrogen) atoms. The summed E-state index contributed by atoms with van der Waals surface area (Å²) in [6, 6.07) is 14.7. The Morgan fingerprint density at radius 1 is 1.04 bits per heavy atom. The molecule has 0 saturated carbocycles. The number of rotatable bonds is 4. The molecular weight excluding hydrogens is 310 g/mol. The molecule has 0 unspecified atom stereocenters. The van der Waals surface area contributed by atoms with E-state index in [1.165, 1.54) is 11.1 Å². The Morgan fingerprint density at radius 2 is 1.84 bits per heavy atom. The maximum atomic E-state index is 4.73. The molecule has 126 valence electrons. The second-order valence-corrected chi connectivity index (χ2v) is 6.34. The van der Waals surface area contributed by atoms with E-state index in [0.717, 1.165) is 36.6 Å². The third-order valence-electron chi connectivity index (χ3n) is 4.50. The van der Waals surface area contributed by atoms with Gasteiger partial charge in [0, 0.05) is 43.8 Å². The first-order chi connectivity index (χ1) is 12.3. The standard InChI is InChI=1S/C20H21N5/c1-15-12-19(25-11-8-17-4-2-3-5-18(17)14-25)24-20(23-15)22-13-16-6-9-21-10-7-16/h2-7,9-10,12H,8,11,13-14H2,1H3,(H,22,23,24). The van der Waals surface area contributed by atoms with Crippen molar-refractivity contribution in [3.8, 4) is 0 Å². The summed E-state index contributed by atoms with van der Waals surface area (Å²) < 4.78 is 0. The zero-order chi connectivity index (χ0) is 17.1. The lowest BCUT2D eigenvalue weighted by Crippen LogP contribution is -2.31. The van der Waals surface area contributed by atoms with Crippen molar-refractivity contribution < 1.29 is 0 Å². The maximum Gasteiger partial charge on any atom is 0.225 e. The van der Waals surface area contributed by atoms with E-state index in [-0.39, 0.29) is 0 Å². The van der Waals surface area contributed by atoms with Gasteiger partial charge in [0.2, 0.25) is 5.95 Å². The lowest BCUT2D eigenvalue weighted by Gasteiger charge is -2.30. The summed E-state index contributed by atoms with van der Waals surface area (Å²) in [5.41, 5.74) is 4.96. The van der Waals surface area contributed by atoms with Crippen molar-refractivity contribution in [3.05, 3.63) is 77.2 Å². The summed E-state index contributed by atoms with van der Waals surface area (Å²) in [5, 5.41) is 3.32. The van der Waals surface area contributed by atoms with Crippen LogP contribution in [0.25, 0.3) is 0 Å². The number of nitrogens with one attached hydrogen (secondary N) is 1. The van der Waals surface area contributed by atoms with Crippen molar-refractivity contribution in [2.45, 2.75) is 26.4 Å². The van der Waals surface area contributed by atoms with E-state index in [0.29, 0.717) is 12.5 Å². The number of hydrogen-bond acceptors (Lipinski definition) is 5. The molecule has 3 heterocycles. The zero-order valence-electron chi connectivity index (χ0n) is 14.3. The van der Waals surface area contributed by atoms with E-state index in [4.69, 9.17) is 4.98 Å². The number of anilines is 2. The Morgan fingerprint density at radius 3 is 2.68 bits per heavy atom. The van der Waals surface area contributed by atoms with Gasteiger partial charge in [-0.15, -0.1) is 0 Å². The Labute approximate surface area is 147 Å². The first kappa shape index (κ1) is 15.6. The molecule has 3 aromatic rings. The number of aryl methyl sites for hydroxylation is 1. The number of hydrogen-bond donors (Lipinski definition) is 1. The first-order valence-electron chi connectivity index (χ1n) is 8.58. The SMILES string of the molecule is Cc1cc(N2CCc3ccccc3C2)nc(NCc2ccncc2)n1. The minimum absolute atomic E-state index is 0.672. The Kier molecular flexibility index (Phi) is 4.29. The summed E-state index contributed by atoms with van der Waals surface area (Å²) in [6.07, 6.45) is 4.65. The van der Waals surface area contributed by atoms with Crippen LogP contribution in [-0.4, -0.2) is 21.5 Å². The molecule has 4 rings (SSSR count). The molecule has 0 spiro atoms. The molecule has 0 aliphatic carbocycles. The number of benzene rings is 1. The molecule has 5 nitrogen and oxygen atoms in total. The molecule has 0 saturated heterocycles. The topological polar surface area (TPSA) is 53.9 Å². The van der Waals surface area contributed by atoms with Gasteiger partial charge in [-0.25, -0.2) is 4.98 Å². The molecule has 1 aromatic carbocycles. The van der Waals surface area contributed by atoms with Gasteiger partial charge in [0.15, 0.2) is 0 Å². The lowest BCUT2D eigenvalue weighted by atomic mass is 10.00. The number of aromatic nitrogens is 3. The van der Waals surface area contributed by atoms with E-state index in [1.54, 1.807) is 12.4 Å². The summed E-state index contributed by atoms with van der Waals surface area (Å²) in [6.45, 7) is 4.59. The summed E-state index contributed by atoms with van der Waals surface area (Å²) in [7, 11) is 0. The summed E-state index contributed by atoms with van der Waals surface area (Å²) in [4.78, 5) is 15.6. The van der Waals surface area contributed by atoms with E-state index in [9.17, 15) is 0 Å². The van der Waals surface area contributed by atoms with Crippen LogP contribution in [-0.2, 0) is 19.5 Å². The smallest absolute Gasteiger partial charge is 0.225 e. The van der Waals surface area contributed by atoms with Gasteiger partial charge in [-0.05, 0) is 42.2 Å². The zero-order valence-corrected chi connectivity index (χ0v) is 14.3. The van der Waals surface area contributed by atoms with Crippen molar-refractivity contribution >= 4 is 11.8 Å². The Bertz CT molecular complexity index is 863. The number of pyridine rings is 1. The van der Waals surface area contributed by atoms with Crippen LogP contribution in [0.3, 0.4) is 0 Å². The molecule has 2 aromatic heterocycles. The molecule has 1 N–H and O–H groups in total. The second-order valence-electron chi connectivity index (χ2n) is 6.34. The molecule has 0 amide bonds. The highest BCUT2D eigenvalue weighted by atomic mass is 15.2. The molecule has 0 atom stereocenters. The van der Waals surface area contributed by atoms with Crippen LogP contribution in [0, 0.1) is 6.92 Å². The van der Waals surface area contributed by atoms with Crippen molar-refractivity contribution in [1.29, 1.82) is 0 Å². The predicted molar refractivity (Wildman–Crippen MR) is 99.5 cm³/mol. The number of fused-ring (bicyclic) bond motifs is 1. The quantitative estimate of drug-likeness (QED) is 0.794. The van der Waals surface area contributed by atoms with Crippen molar-refractivity contribution in [3.63, 3.8) is 0 Å². The average molecular weight is 331 g/mol. The van der Waals surface area contributed by atoms with Gasteiger partial charge >= 0.3 is 0 Å². The molecule has 1 aliphatic rings. The molecule has 0 fully saturated rings. The van der Waals surface area contributed by atoms with Gasteiger partial charge in [-0.3, -0.25) is 4.98 Å². The Hall–Kier alpha value is -2.95. The van der Waals surface area contributed by atoms with E-state index < -0.39 is 0 Å². The molecule has 1 aliphatic heterocycles. The average Bonchev–Trinajstić information content (AvgIpc) is 2.66. The van der Waals surface area contributed by atoms with Gasteiger partial charge in [-0.1, -0.05) is 24.3 Å². The molecule has 0 radical (unpaired) electrons. The fourth-order valence-electron chi connectivity index (χ4n) is 3.17. The van der Waals surface area contributed by atoms with Gasteiger partial charge in [0.1, 0.15) is 5.82 Å².